The van der Waals surface area contributed by atoms with Crippen LogP contribution in [-0.2, 0) is 27.1 Å². The summed E-state index contributed by atoms with van der Waals surface area (Å²) < 4.78 is 25.6. The van der Waals surface area contributed by atoms with Crippen LogP contribution in [-0.4, -0.2) is 32.9 Å². The van der Waals surface area contributed by atoms with Crippen molar-refractivity contribution in [1.82, 2.24) is 0 Å². The van der Waals surface area contributed by atoms with Crippen LogP contribution in [0.1, 0.15) is 42.3 Å². The lowest BCUT2D eigenvalue weighted by atomic mass is 10.0. The summed E-state index contributed by atoms with van der Waals surface area (Å²) in [6, 6.07) is 42.4. The molecule has 0 aliphatic rings. The Bertz CT molecular complexity index is 1510. The van der Waals surface area contributed by atoms with Crippen molar-refractivity contribution in [2.75, 3.05) is 6.61 Å². The van der Waals surface area contributed by atoms with Gasteiger partial charge in [-0.05, 0) is 32.6 Å². The van der Waals surface area contributed by atoms with Gasteiger partial charge >= 0.3 is 0 Å². The van der Waals surface area contributed by atoms with E-state index >= 15 is 0 Å². The van der Waals surface area contributed by atoms with Gasteiger partial charge in [-0.25, -0.2) is 0 Å². The predicted molar refractivity (Wildman–Crippen MR) is 177 cm³/mol. The second kappa shape index (κ2) is 14.6. The van der Waals surface area contributed by atoms with Gasteiger partial charge in [-0.3, -0.25) is 4.79 Å². The van der Waals surface area contributed by atoms with E-state index in [1.54, 1.807) is 6.07 Å². The van der Waals surface area contributed by atoms with Crippen molar-refractivity contribution in [2.45, 2.75) is 51.2 Å². The number of hydrogen-bond donors (Lipinski definition) is 0. The minimum Gasteiger partial charge on any atom is -0.472 e. The molecule has 0 spiro atoms. The lowest BCUT2D eigenvalue weighted by molar-refractivity contribution is -0.0852. The first-order valence-electron chi connectivity index (χ1n) is 15.0. The van der Waals surface area contributed by atoms with Crippen molar-refractivity contribution in [2.24, 2.45) is 0 Å². The van der Waals surface area contributed by atoms with Crippen LogP contribution in [0.25, 0.3) is 0 Å². The highest BCUT2D eigenvalue weighted by Crippen LogP contribution is 2.37. The van der Waals surface area contributed by atoms with Gasteiger partial charge in [-0.15, -0.1) is 0 Å². The predicted octanol–water partition coefficient (Wildman–Crippen LogP) is 7.21. The molecule has 0 saturated carbocycles. The molecule has 0 radical (unpaired) electrons. The van der Waals surface area contributed by atoms with Crippen LogP contribution in [0.15, 0.2) is 144 Å². The fraction of sp³-hybridized carbons (Fsp3) is 0.237. The Morgan fingerprint density at radius 1 is 0.682 bits per heavy atom. The quantitative estimate of drug-likeness (QED) is 0.0991. The first kappa shape index (κ1) is 31.4. The van der Waals surface area contributed by atoms with Gasteiger partial charge in [0.1, 0.15) is 18.5 Å². The van der Waals surface area contributed by atoms with Gasteiger partial charge in [0.15, 0.2) is 5.78 Å². The first-order chi connectivity index (χ1) is 21.4. The van der Waals surface area contributed by atoms with E-state index in [1.807, 2.05) is 72.8 Å². The smallest absolute Gasteiger partial charge is 0.261 e. The van der Waals surface area contributed by atoms with Crippen molar-refractivity contribution >= 4 is 24.5 Å². The fourth-order valence-corrected chi connectivity index (χ4v) is 10.2. The summed E-state index contributed by atoms with van der Waals surface area (Å²) in [6.45, 7) is 7.42. The maximum absolute atomic E-state index is 14.0. The molecular formula is C38H40O5Si. The van der Waals surface area contributed by atoms with Crippen LogP contribution in [0, 0.1) is 0 Å². The first-order valence-corrected chi connectivity index (χ1v) is 16.9. The molecule has 6 heteroatoms. The molecule has 1 aromatic heterocycles. The van der Waals surface area contributed by atoms with Gasteiger partial charge < -0.3 is 18.3 Å². The van der Waals surface area contributed by atoms with E-state index in [1.165, 1.54) is 12.5 Å². The van der Waals surface area contributed by atoms with E-state index in [4.69, 9.17) is 18.3 Å². The molecule has 0 amide bonds. The van der Waals surface area contributed by atoms with Crippen LogP contribution >= 0.6 is 0 Å². The van der Waals surface area contributed by atoms with E-state index in [2.05, 4.69) is 69.3 Å². The Hall–Kier alpha value is -4.07. The van der Waals surface area contributed by atoms with E-state index in [9.17, 15) is 4.79 Å². The second-order valence-corrected chi connectivity index (χ2v) is 16.2. The zero-order chi connectivity index (χ0) is 30.8. The van der Waals surface area contributed by atoms with E-state index < -0.39 is 20.5 Å². The number of ketones is 1. The number of benzene rings is 4. The van der Waals surface area contributed by atoms with Crippen LogP contribution in [0.4, 0.5) is 0 Å². The number of carbonyl (C=O) groups excluding carboxylic acids is 1. The zero-order valence-corrected chi connectivity index (χ0v) is 26.6. The molecule has 5 aromatic rings. The lowest BCUT2D eigenvalue weighted by Crippen LogP contribution is -2.67. The molecule has 0 bridgehead atoms. The highest BCUT2D eigenvalue weighted by molar-refractivity contribution is 6.99. The van der Waals surface area contributed by atoms with E-state index in [0.717, 1.165) is 21.5 Å². The third-order valence-electron chi connectivity index (χ3n) is 7.86. The number of rotatable bonds is 14. The second-order valence-electron chi connectivity index (χ2n) is 11.9. The van der Waals surface area contributed by atoms with Crippen molar-refractivity contribution in [1.29, 1.82) is 0 Å². The van der Waals surface area contributed by atoms with Crippen LogP contribution in [0.3, 0.4) is 0 Å². The van der Waals surface area contributed by atoms with Crippen molar-refractivity contribution < 1.29 is 23.1 Å². The topological polar surface area (TPSA) is 57.9 Å². The minimum absolute atomic E-state index is 0.156. The summed E-state index contributed by atoms with van der Waals surface area (Å²) in [4.78, 5) is 14.0. The van der Waals surface area contributed by atoms with Gasteiger partial charge in [0.2, 0.25) is 0 Å². The fourth-order valence-electron chi connectivity index (χ4n) is 5.65. The summed E-state index contributed by atoms with van der Waals surface area (Å²) >= 11 is 0. The molecule has 0 unspecified atom stereocenters. The average molecular weight is 605 g/mol. The van der Waals surface area contributed by atoms with Gasteiger partial charge in [0, 0.05) is 0 Å². The molecule has 44 heavy (non-hydrogen) atoms. The Morgan fingerprint density at radius 3 is 1.61 bits per heavy atom. The number of carbonyl (C=O) groups is 1. The van der Waals surface area contributed by atoms with Crippen LogP contribution in [0.2, 0.25) is 5.04 Å². The SMILES string of the molecule is CC(C)(C)[Si](OC[C@H](OCc1ccccc1)[C@@H](OCc1ccccc1)C(=O)c1ccoc1)(c1ccccc1)c1ccccc1. The number of furan rings is 1. The summed E-state index contributed by atoms with van der Waals surface area (Å²) in [5, 5.41) is 2.07. The van der Waals surface area contributed by atoms with E-state index in [0.29, 0.717) is 12.2 Å². The molecule has 5 nitrogen and oxygen atoms in total. The van der Waals surface area contributed by atoms with Gasteiger partial charge in [0.25, 0.3) is 8.32 Å². The van der Waals surface area contributed by atoms with Crippen molar-refractivity contribution in [3.8, 4) is 0 Å². The standard InChI is InChI=1S/C38H40O5Si/c1-38(2,3)44(33-20-12-6-13-21-33,34-22-14-7-15-23-34)43-29-35(41-26-30-16-8-4-9-17-30)37(36(39)32-24-25-40-28-32)42-27-31-18-10-5-11-19-31/h4-25,28,35,37H,26-27,29H2,1-3H3/t35-,37+/m0/s1. The Labute approximate surface area is 261 Å². The van der Waals surface area contributed by atoms with Gasteiger partial charge in [-0.1, -0.05) is 142 Å². The summed E-state index contributed by atoms with van der Waals surface area (Å²) in [6.07, 6.45) is 1.32. The average Bonchev–Trinajstić information content (AvgIpc) is 3.60. The monoisotopic (exact) mass is 604 g/mol. The number of Topliss-reactive ketones (excluding diaryl/α,β-unsaturated/α-hetero) is 1. The normalized spacial score (nSPS) is 13.3. The van der Waals surface area contributed by atoms with Gasteiger partial charge in [0.05, 0.1) is 31.6 Å². The molecule has 226 valence electrons. The summed E-state index contributed by atoms with van der Waals surface area (Å²) in [5.41, 5.74) is 2.40. The molecule has 0 aliphatic heterocycles. The van der Waals surface area contributed by atoms with Crippen molar-refractivity contribution in [3.05, 3.63) is 157 Å². The Balaban J connectivity index is 1.54. The Kier molecular flexibility index (Phi) is 10.4. The van der Waals surface area contributed by atoms with Crippen LogP contribution in [0.5, 0.6) is 0 Å². The molecule has 0 aliphatic carbocycles. The van der Waals surface area contributed by atoms with Crippen molar-refractivity contribution in [3.63, 3.8) is 0 Å². The largest absolute Gasteiger partial charge is 0.472 e. The highest BCUT2D eigenvalue weighted by Gasteiger charge is 2.51. The zero-order valence-electron chi connectivity index (χ0n) is 25.6. The summed E-state index contributed by atoms with van der Waals surface area (Å²) in [5.74, 6) is -0.209. The lowest BCUT2D eigenvalue weighted by Gasteiger charge is -2.44. The Morgan fingerprint density at radius 2 is 1.16 bits per heavy atom. The maximum Gasteiger partial charge on any atom is 0.261 e. The molecule has 0 N–H and O–H groups in total. The van der Waals surface area contributed by atoms with E-state index in [-0.39, 0.29) is 24.0 Å². The third-order valence-corrected chi connectivity index (χ3v) is 12.9. The highest BCUT2D eigenvalue weighted by atomic mass is 28.4. The molecular weight excluding hydrogens is 564 g/mol. The molecule has 4 aromatic carbocycles. The molecule has 2 atom stereocenters. The number of hydrogen-bond acceptors (Lipinski definition) is 5. The van der Waals surface area contributed by atoms with Crippen LogP contribution < -0.4 is 10.4 Å². The minimum atomic E-state index is -2.92. The van der Waals surface area contributed by atoms with Gasteiger partial charge in [-0.2, -0.15) is 0 Å². The molecule has 0 saturated heterocycles. The third kappa shape index (κ3) is 7.34. The summed E-state index contributed by atoms with van der Waals surface area (Å²) in [7, 11) is -2.92. The molecule has 5 rings (SSSR count). The molecule has 1 heterocycles. The number of ether oxygens (including phenoxy) is 2. The molecule has 0 fully saturated rings. The maximum atomic E-state index is 14.0.